The summed E-state index contributed by atoms with van der Waals surface area (Å²) in [5, 5.41) is 0. The quantitative estimate of drug-likeness (QED) is 0.300. The van der Waals surface area contributed by atoms with Crippen LogP contribution < -0.4 is 0 Å². The molecule has 1 rings (SSSR count). The molecule has 0 bridgehead atoms. The lowest BCUT2D eigenvalue weighted by Crippen LogP contribution is -2.33. The highest BCUT2D eigenvalue weighted by atomic mass is 16.4. The lowest BCUT2D eigenvalue weighted by atomic mass is 9.03. The van der Waals surface area contributed by atoms with Crippen LogP contribution in [0.25, 0.3) is 0 Å². The summed E-state index contributed by atoms with van der Waals surface area (Å²) < 4.78 is 4.68. The predicted molar refractivity (Wildman–Crippen MR) is 29.9 cm³/mol. The summed E-state index contributed by atoms with van der Waals surface area (Å²) in [5.41, 5.74) is 0. The highest BCUT2D eigenvalue weighted by molar-refractivity contribution is 7.55. The van der Waals surface area contributed by atoms with E-state index in [1.807, 2.05) is 21.2 Å². The second-order valence-electron chi connectivity index (χ2n) is 0.986. The number of hydrogen-bond donors (Lipinski definition) is 0. The van der Waals surface area contributed by atoms with Crippen molar-refractivity contribution in [1.29, 1.82) is 0 Å². The van der Waals surface area contributed by atoms with Crippen molar-refractivity contribution in [3.8, 4) is 0 Å². The minimum atomic E-state index is 1.62. The van der Waals surface area contributed by atoms with Gasteiger partial charge in [0.1, 0.15) is 0 Å². The molecule has 0 spiro atoms. The Bertz CT molecular complexity index is 19.4. The second kappa shape index (κ2) is 2.46. The summed E-state index contributed by atoms with van der Waals surface area (Å²) in [4.78, 5) is 0. The van der Waals surface area contributed by atoms with E-state index in [0.717, 1.165) is 0 Å². The average Bonchev–Trinajstić information content (AvgIpc) is 1.72. The smallest absolute Gasteiger partial charge is 0.205 e. The molecule has 1 aliphatic rings. The maximum Gasteiger partial charge on any atom is 0.205 e. The molecule has 1 fully saturated rings. The van der Waals surface area contributed by atoms with Crippen molar-refractivity contribution in [2.24, 2.45) is 0 Å². The third kappa shape index (κ3) is 1.17. The van der Waals surface area contributed by atoms with Crippen molar-refractivity contribution < 1.29 is 4.57 Å². The van der Waals surface area contributed by atoms with Crippen LogP contribution in [-0.4, -0.2) is 35.9 Å². The van der Waals surface area contributed by atoms with Crippen molar-refractivity contribution in [3.63, 3.8) is 0 Å². The van der Waals surface area contributed by atoms with Crippen LogP contribution >= 0.6 is 0 Å². The molecular weight excluding hydrogens is 70.1 g/mol. The molecule has 0 aromatic carbocycles. The molecule has 1 nitrogen and oxygen atoms in total. The normalized spacial score (nSPS) is 17.3. The Morgan fingerprint density at radius 1 is 0.833 bits per heavy atom. The van der Waals surface area contributed by atoms with Gasteiger partial charge in [-0.1, -0.05) is 0 Å². The molecule has 1 aliphatic heterocycles. The SMILES string of the molecule is [B]1[B][B]O[B][B]1. The molecule has 0 saturated carbocycles. The van der Waals surface area contributed by atoms with Gasteiger partial charge in [0.25, 0.3) is 0 Å². The maximum atomic E-state index is 4.68. The zero-order valence-corrected chi connectivity index (χ0v) is 3.29. The minimum absolute atomic E-state index is 1.62. The van der Waals surface area contributed by atoms with Crippen LogP contribution in [0.4, 0.5) is 0 Å². The van der Waals surface area contributed by atoms with Crippen molar-refractivity contribution in [2.45, 2.75) is 0 Å². The molecule has 0 aromatic rings. The van der Waals surface area contributed by atoms with Crippen LogP contribution in [0.5, 0.6) is 0 Å². The maximum absolute atomic E-state index is 4.68. The Labute approximate surface area is 41.4 Å². The highest BCUT2D eigenvalue weighted by Crippen LogP contribution is 1.68. The summed E-state index contributed by atoms with van der Waals surface area (Å²) in [5.74, 6) is 0. The fourth-order valence-corrected chi connectivity index (χ4v) is 0.291. The Morgan fingerprint density at radius 2 is 1.50 bits per heavy atom. The Hall–Kier alpha value is 0.285. The molecule has 0 N–H and O–H groups in total. The molecule has 0 unspecified atom stereocenters. The van der Waals surface area contributed by atoms with Crippen molar-refractivity contribution in [2.75, 3.05) is 0 Å². The molecule has 1 saturated heterocycles. The second-order valence-corrected chi connectivity index (χ2v) is 0.986. The first-order valence-electron chi connectivity index (χ1n) is 1.80. The van der Waals surface area contributed by atoms with E-state index in [0.29, 0.717) is 0 Å². The highest BCUT2D eigenvalue weighted by Gasteiger charge is 2.02. The molecule has 1 heterocycles. The van der Waals surface area contributed by atoms with E-state index < -0.39 is 0 Å². The predicted octanol–water partition coefficient (Wildman–Crippen LogP) is -1.97. The summed E-state index contributed by atoms with van der Waals surface area (Å²) in [6.45, 7) is 0. The summed E-state index contributed by atoms with van der Waals surface area (Å²) in [7, 11) is 8.82. The first kappa shape index (κ1) is 4.44. The third-order valence-corrected chi connectivity index (χ3v) is 0.536. The van der Waals surface area contributed by atoms with Crippen LogP contribution in [0.15, 0.2) is 0 Å². The fraction of sp³-hybridized carbons (Fsp3) is 0. The van der Waals surface area contributed by atoms with Crippen molar-refractivity contribution in [1.82, 2.24) is 0 Å². The van der Waals surface area contributed by atoms with E-state index in [9.17, 15) is 0 Å². The first-order chi connectivity index (χ1) is 3.00. The van der Waals surface area contributed by atoms with Gasteiger partial charge in [0.05, 0.1) is 14.1 Å². The van der Waals surface area contributed by atoms with Gasteiger partial charge in [-0.15, -0.1) is 0 Å². The van der Waals surface area contributed by atoms with Gasteiger partial charge < -0.3 is 4.57 Å². The Morgan fingerprint density at radius 3 is 1.67 bits per heavy atom. The van der Waals surface area contributed by atoms with E-state index in [1.165, 1.54) is 0 Å². The van der Waals surface area contributed by atoms with Gasteiger partial charge in [-0.25, -0.2) is 0 Å². The zero-order valence-electron chi connectivity index (χ0n) is 3.29. The van der Waals surface area contributed by atoms with E-state index >= 15 is 0 Å². The minimum Gasteiger partial charge on any atom is -0.519 e. The van der Waals surface area contributed by atoms with Gasteiger partial charge in [0.15, 0.2) is 0 Å². The molecule has 0 amide bonds. The zero-order chi connectivity index (χ0) is 4.24. The van der Waals surface area contributed by atoms with Gasteiger partial charge in [-0.2, -0.15) is 0 Å². The van der Waals surface area contributed by atoms with E-state index in [2.05, 4.69) is 4.57 Å². The molecule has 6 heteroatoms. The molecule has 6 heavy (non-hydrogen) atoms. The molecular formula is B5O. The van der Waals surface area contributed by atoms with E-state index in [1.54, 1.807) is 14.7 Å². The van der Waals surface area contributed by atoms with Gasteiger partial charge in [-0.05, 0) is 0 Å². The van der Waals surface area contributed by atoms with Crippen LogP contribution in [0.2, 0.25) is 0 Å². The topological polar surface area (TPSA) is 9.23 Å². The van der Waals surface area contributed by atoms with Crippen LogP contribution in [0.1, 0.15) is 0 Å². The van der Waals surface area contributed by atoms with Gasteiger partial charge in [-0.3, -0.25) is 0 Å². The van der Waals surface area contributed by atoms with Gasteiger partial charge in [0.2, 0.25) is 14.7 Å². The summed E-state index contributed by atoms with van der Waals surface area (Å²) in [6.07, 6.45) is 0. The van der Waals surface area contributed by atoms with E-state index in [4.69, 9.17) is 0 Å². The summed E-state index contributed by atoms with van der Waals surface area (Å²) in [6, 6.07) is 0. The molecule has 21 valence electrons. The Balaban J connectivity index is 2.00. The van der Waals surface area contributed by atoms with Crippen LogP contribution in [0.3, 0.4) is 0 Å². The monoisotopic (exact) mass is 71.0 g/mol. The lowest BCUT2D eigenvalue weighted by molar-refractivity contribution is 0.674. The average molecular weight is 70.1 g/mol. The van der Waals surface area contributed by atoms with Crippen LogP contribution in [-0.2, 0) is 4.57 Å². The first-order valence-corrected chi connectivity index (χ1v) is 1.80. The summed E-state index contributed by atoms with van der Waals surface area (Å²) >= 11 is 0. The fourth-order valence-electron chi connectivity index (χ4n) is 0.291. The largest absolute Gasteiger partial charge is 0.519 e. The van der Waals surface area contributed by atoms with E-state index in [-0.39, 0.29) is 0 Å². The molecule has 0 atom stereocenters. The molecule has 5 radical (unpaired) electrons. The Kier molecular flexibility index (Phi) is 1.82. The van der Waals surface area contributed by atoms with Gasteiger partial charge in [0, 0.05) is 7.06 Å². The van der Waals surface area contributed by atoms with Crippen molar-refractivity contribution >= 4 is 35.9 Å². The van der Waals surface area contributed by atoms with Gasteiger partial charge >= 0.3 is 0 Å². The number of hydrogen-bond acceptors (Lipinski definition) is 1. The standard InChI is InChI=1S/B5O/c1-2-4-6-5-3-1. The van der Waals surface area contributed by atoms with Crippen molar-refractivity contribution in [3.05, 3.63) is 0 Å². The molecule has 0 aromatic heterocycles. The van der Waals surface area contributed by atoms with Crippen LogP contribution in [0, 0.1) is 0 Å². The number of rotatable bonds is 0. The molecule has 0 aliphatic carbocycles. The third-order valence-electron chi connectivity index (χ3n) is 0.536. The lowest BCUT2D eigenvalue weighted by Gasteiger charge is -2.03.